The van der Waals surface area contributed by atoms with E-state index in [4.69, 9.17) is 0 Å². The number of hydrogen-bond donors (Lipinski definition) is 1. The standard InChI is InChI=1S/C10H9F3NO/c1-9(6-15-14-9)7-3-2-4-8(5-7)10(11,12)13/h2-6,14H,1H3. The molecule has 1 atom stereocenters. The quantitative estimate of drug-likeness (QED) is 0.779. The summed E-state index contributed by atoms with van der Waals surface area (Å²) in [6.45, 7) is 3.20. The van der Waals surface area contributed by atoms with Crippen molar-refractivity contribution in [3.8, 4) is 0 Å². The van der Waals surface area contributed by atoms with Crippen LogP contribution in [0.15, 0.2) is 24.3 Å². The molecule has 1 unspecified atom stereocenters. The highest BCUT2D eigenvalue weighted by molar-refractivity contribution is 5.33. The second-order valence-electron chi connectivity index (χ2n) is 3.62. The van der Waals surface area contributed by atoms with Crippen LogP contribution in [-0.4, -0.2) is 0 Å². The zero-order chi connectivity index (χ0) is 11.1. The lowest BCUT2D eigenvalue weighted by molar-refractivity contribution is -0.138. The second-order valence-corrected chi connectivity index (χ2v) is 3.62. The summed E-state index contributed by atoms with van der Waals surface area (Å²) in [4.78, 5) is 4.66. The van der Waals surface area contributed by atoms with Crippen molar-refractivity contribution in [2.75, 3.05) is 0 Å². The molecule has 15 heavy (non-hydrogen) atoms. The van der Waals surface area contributed by atoms with E-state index in [2.05, 4.69) is 10.3 Å². The molecule has 0 amide bonds. The Morgan fingerprint density at radius 1 is 1.33 bits per heavy atom. The molecule has 1 saturated heterocycles. The van der Waals surface area contributed by atoms with Gasteiger partial charge in [0.1, 0.15) is 6.61 Å². The Labute approximate surface area is 85.0 Å². The number of alkyl halides is 3. The van der Waals surface area contributed by atoms with Crippen LogP contribution in [0.3, 0.4) is 0 Å². The van der Waals surface area contributed by atoms with Crippen LogP contribution in [0, 0.1) is 6.61 Å². The number of benzene rings is 1. The third-order valence-electron chi connectivity index (χ3n) is 2.36. The number of hydroxylamine groups is 1. The zero-order valence-electron chi connectivity index (χ0n) is 7.93. The normalized spacial score (nSPS) is 26.1. The Morgan fingerprint density at radius 2 is 2.00 bits per heavy atom. The van der Waals surface area contributed by atoms with E-state index in [1.54, 1.807) is 13.0 Å². The maximum atomic E-state index is 12.4. The number of halogens is 3. The van der Waals surface area contributed by atoms with Gasteiger partial charge >= 0.3 is 6.18 Å². The Hall–Kier alpha value is -1.07. The largest absolute Gasteiger partial charge is 0.416 e. The van der Waals surface area contributed by atoms with Crippen LogP contribution in [0.25, 0.3) is 0 Å². The van der Waals surface area contributed by atoms with Gasteiger partial charge in [0.25, 0.3) is 0 Å². The van der Waals surface area contributed by atoms with Crippen molar-refractivity contribution >= 4 is 0 Å². The zero-order valence-corrected chi connectivity index (χ0v) is 7.93. The van der Waals surface area contributed by atoms with Crippen LogP contribution < -0.4 is 5.48 Å². The van der Waals surface area contributed by atoms with E-state index in [0.29, 0.717) is 5.56 Å². The summed E-state index contributed by atoms with van der Waals surface area (Å²) >= 11 is 0. The monoisotopic (exact) mass is 216 g/mol. The predicted octanol–water partition coefficient (Wildman–Crippen LogP) is 2.62. The van der Waals surface area contributed by atoms with E-state index in [1.165, 1.54) is 12.7 Å². The Morgan fingerprint density at radius 3 is 2.47 bits per heavy atom. The summed E-state index contributed by atoms with van der Waals surface area (Å²) in [7, 11) is 0. The van der Waals surface area contributed by atoms with Crippen molar-refractivity contribution in [1.29, 1.82) is 0 Å². The summed E-state index contributed by atoms with van der Waals surface area (Å²) in [6, 6.07) is 5.18. The minimum atomic E-state index is -4.31. The first-order chi connectivity index (χ1) is 6.92. The molecular formula is C10H9F3NO. The molecule has 0 aliphatic carbocycles. The van der Waals surface area contributed by atoms with E-state index < -0.39 is 17.3 Å². The lowest BCUT2D eigenvalue weighted by Crippen LogP contribution is -2.50. The van der Waals surface area contributed by atoms with Crippen LogP contribution >= 0.6 is 0 Å². The highest BCUT2D eigenvalue weighted by Gasteiger charge is 2.38. The summed E-state index contributed by atoms with van der Waals surface area (Å²) in [5.41, 5.74) is 1.85. The minimum absolute atomic E-state index is 0.531. The molecule has 1 aliphatic rings. The van der Waals surface area contributed by atoms with Gasteiger partial charge in [-0.15, -0.1) is 0 Å². The molecule has 1 aromatic carbocycles. The van der Waals surface area contributed by atoms with E-state index in [1.807, 2.05) is 0 Å². The Balaban J connectivity index is 2.35. The van der Waals surface area contributed by atoms with Crippen LogP contribution in [0.5, 0.6) is 0 Å². The predicted molar refractivity (Wildman–Crippen MR) is 47.3 cm³/mol. The number of rotatable bonds is 1. The molecule has 1 aromatic rings. The van der Waals surface area contributed by atoms with Gasteiger partial charge in [0, 0.05) is 0 Å². The van der Waals surface area contributed by atoms with Gasteiger partial charge in [-0.05, 0) is 24.6 Å². The van der Waals surface area contributed by atoms with Crippen molar-refractivity contribution in [2.24, 2.45) is 0 Å². The lowest BCUT2D eigenvalue weighted by atomic mass is 9.91. The van der Waals surface area contributed by atoms with Crippen LogP contribution in [-0.2, 0) is 16.6 Å². The minimum Gasteiger partial charge on any atom is -0.292 e. The molecule has 2 nitrogen and oxygen atoms in total. The molecule has 5 heteroatoms. The smallest absolute Gasteiger partial charge is 0.292 e. The molecule has 1 fully saturated rings. The average molecular weight is 216 g/mol. The van der Waals surface area contributed by atoms with Crippen molar-refractivity contribution in [3.05, 3.63) is 42.0 Å². The van der Waals surface area contributed by atoms with Gasteiger partial charge in [-0.2, -0.15) is 18.7 Å². The van der Waals surface area contributed by atoms with Gasteiger partial charge < -0.3 is 0 Å². The molecular weight excluding hydrogens is 207 g/mol. The summed E-state index contributed by atoms with van der Waals surface area (Å²) in [5, 5.41) is 0. The van der Waals surface area contributed by atoms with Crippen molar-refractivity contribution < 1.29 is 18.0 Å². The summed E-state index contributed by atoms with van der Waals surface area (Å²) < 4.78 is 37.2. The third-order valence-corrected chi connectivity index (χ3v) is 2.36. The molecule has 0 saturated carbocycles. The fourth-order valence-corrected chi connectivity index (χ4v) is 1.38. The fourth-order valence-electron chi connectivity index (χ4n) is 1.38. The molecule has 0 spiro atoms. The topological polar surface area (TPSA) is 21.3 Å². The van der Waals surface area contributed by atoms with E-state index in [0.717, 1.165) is 12.1 Å². The maximum absolute atomic E-state index is 12.4. The van der Waals surface area contributed by atoms with Crippen LogP contribution in [0.4, 0.5) is 13.2 Å². The first kappa shape index (κ1) is 10.4. The van der Waals surface area contributed by atoms with Gasteiger partial charge in [-0.3, -0.25) is 4.84 Å². The SMILES string of the molecule is CC1(c2cccc(C(F)(F)F)c2)[CH]ON1. The molecule has 1 heterocycles. The fraction of sp³-hybridized carbons (Fsp3) is 0.300. The van der Waals surface area contributed by atoms with Crippen LogP contribution in [0.2, 0.25) is 0 Å². The van der Waals surface area contributed by atoms with E-state index in [-0.39, 0.29) is 0 Å². The molecule has 1 radical (unpaired) electrons. The summed E-state index contributed by atoms with van der Waals surface area (Å²) in [6.07, 6.45) is -4.31. The van der Waals surface area contributed by atoms with Crippen molar-refractivity contribution in [1.82, 2.24) is 5.48 Å². The highest BCUT2D eigenvalue weighted by Crippen LogP contribution is 2.35. The maximum Gasteiger partial charge on any atom is 0.416 e. The number of nitrogens with one attached hydrogen (secondary N) is 1. The first-order valence-electron chi connectivity index (χ1n) is 4.37. The van der Waals surface area contributed by atoms with E-state index in [9.17, 15) is 13.2 Å². The Kier molecular flexibility index (Phi) is 2.24. The van der Waals surface area contributed by atoms with Gasteiger partial charge in [-0.25, -0.2) is 0 Å². The third kappa shape index (κ3) is 1.85. The van der Waals surface area contributed by atoms with Crippen LogP contribution in [0.1, 0.15) is 18.1 Å². The molecule has 1 aliphatic heterocycles. The molecule has 0 bridgehead atoms. The number of hydrogen-bond acceptors (Lipinski definition) is 2. The Bertz CT molecular complexity index is 371. The molecule has 81 valence electrons. The van der Waals surface area contributed by atoms with E-state index >= 15 is 0 Å². The van der Waals surface area contributed by atoms with Crippen molar-refractivity contribution in [2.45, 2.75) is 18.6 Å². The lowest BCUT2D eigenvalue weighted by Gasteiger charge is -2.38. The first-order valence-corrected chi connectivity index (χ1v) is 4.37. The second kappa shape index (κ2) is 3.21. The van der Waals surface area contributed by atoms with Gasteiger partial charge in [0.2, 0.25) is 0 Å². The van der Waals surface area contributed by atoms with Crippen molar-refractivity contribution in [3.63, 3.8) is 0 Å². The summed E-state index contributed by atoms with van der Waals surface area (Å²) in [5.74, 6) is 0. The molecule has 0 aromatic heterocycles. The highest BCUT2D eigenvalue weighted by atomic mass is 19.4. The average Bonchev–Trinajstić information content (AvgIpc) is 2.13. The van der Waals surface area contributed by atoms with Gasteiger partial charge in [-0.1, -0.05) is 12.1 Å². The van der Waals surface area contributed by atoms with Gasteiger partial charge in [0.15, 0.2) is 0 Å². The molecule has 1 N–H and O–H groups in total. The van der Waals surface area contributed by atoms with Gasteiger partial charge in [0.05, 0.1) is 11.1 Å². The molecule has 2 rings (SSSR count).